The molecule has 1 rings (SSSR count). The average Bonchev–Trinajstić information content (AvgIpc) is 2.50. The number of carbonyl (C=O) groups is 1. The zero-order valence-corrected chi connectivity index (χ0v) is 8.34. The van der Waals surface area contributed by atoms with E-state index in [0.717, 1.165) is 6.92 Å². The SMILES string of the molecule is CC.Cc1nc(C(=O)O)c(C(F)(F)F)o1. The third kappa shape index (κ3) is 3.26. The van der Waals surface area contributed by atoms with E-state index in [9.17, 15) is 18.0 Å². The van der Waals surface area contributed by atoms with Crippen molar-refractivity contribution in [2.75, 3.05) is 0 Å². The van der Waals surface area contributed by atoms with Crippen LogP contribution in [0.25, 0.3) is 0 Å². The summed E-state index contributed by atoms with van der Waals surface area (Å²) >= 11 is 0. The number of carboxylic acid groups (broad SMARTS) is 1. The summed E-state index contributed by atoms with van der Waals surface area (Å²) in [4.78, 5) is 13.3. The van der Waals surface area contributed by atoms with Crippen molar-refractivity contribution in [1.82, 2.24) is 4.98 Å². The summed E-state index contributed by atoms with van der Waals surface area (Å²) in [6.45, 7) is 5.14. The van der Waals surface area contributed by atoms with Gasteiger partial charge < -0.3 is 9.52 Å². The molecule has 0 radical (unpaired) electrons. The van der Waals surface area contributed by atoms with Crippen molar-refractivity contribution in [1.29, 1.82) is 0 Å². The van der Waals surface area contributed by atoms with Crippen molar-refractivity contribution < 1.29 is 27.5 Å². The van der Waals surface area contributed by atoms with Gasteiger partial charge in [-0.05, 0) is 0 Å². The molecular weight excluding hydrogens is 215 g/mol. The van der Waals surface area contributed by atoms with Crippen LogP contribution in [0.5, 0.6) is 0 Å². The Hall–Kier alpha value is -1.53. The molecule has 0 aliphatic rings. The van der Waals surface area contributed by atoms with E-state index >= 15 is 0 Å². The van der Waals surface area contributed by atoms with E-state index in [4.69, 9.17) is 5.11 Å². The third-order valence-corrected chi connectivity index (χ3v) is 1.19. The minimum atomic E-state index is -4.82. The lowest BCUT2D eigenvalue weighted by atomic mass is 10.3. The molecule has 0 amide bonds. The van der Waals surface area contributed by atoms with Gasteiger partial charge in [-0.25, -0.2) is 9.78 Å². The van der Waals surface area contributed by atoms with Crippen LogP contribution in [-0.2, 0) is 6.18 Å². The van der Waals surface area contributed by atoms with Crippen molar-refractivity contribution in [3.8, 4) is 0 Å². The Morgan fingerprint density at radius 2 is 1.87 bits per heavy atom. The lowest BCUT2D eigenvalue weighted by Crippen LogP contribution is -2.10. The van der Waals surface area contributed by atoms with Gasteiger partial charge in [-0.2, -0.15) is 13.2 Å². The van der Waals surface area contributed by atoms with Crippen LogP contribution >= 0.6 is 0 Å². The van der Waals surface area contributed by atoms with Crippen LogP contribution in [0.3, 0.4) is 0 Å². The topological polar surface area (TPSA) is 63.3 Å². The maximum absolute atomic E-state index is 12.0. The smallest absolute Gasteiger partial charge is 0.452 e. The van der Waals surface area contributed by atoms with E-state index in [1.165, 1.54) is 0 Å². The number of hydrogen-bond donors (Lipinski definition) is 1. The summed E-state index contributed by atoms with van der Waals surface area (Å²) in [5.41, 5.74) is -1.11. The molecule has 4 nitrogen and oxygen atoms in total. The van der Waals surface area contributed by atoms with Gasteiger partial charge in [-0.1, -0.05) is 13.8 Å². The van der Waals surface area contributed by atoms with Gasteiger partial charge in [-0.15, -0.1) is 0 Å². The molecule has 15 heavy (non-hydrogen) atoms. The summed E-state index contributed by atoms with van der Waals surface area (Å²) in [7, 11) is 0. The van der Waals surface area contributed by atoms with E-state index in [-0.39, 0.29) is 5.89 Å². The van der Waals surface area contributed by atoms with E-state index in [1.54, 1.807) is 0 Å². The molecule has 0 unspecified atom stereocenters. The quantitative estimate of drug-likeness (QED) is 0.798. The van der Waals surface area contributed by atoms with Gasteiger partial charge >= 0.3 is 12.1 Å². The van der Waals surface area contributed by atoms with Crippen molar-refractivity contribution in [2.24, 2.45) is 0 Å². The van der Waals surface area contributed by atoms with E-state index in [2.05, 4.69) is 9.40 Å². The molecule has 1 heterocycles. The minimum Gasteiger partial charge on any atom is -0.476 e. The molecule has 0 atom stereocenters. The van der Waals surface area contributed by atoms with Crippen LogP contribution in [0.15, 0.2) is 4.42 Å². The fourth-order valence-corrected chi connectivity index (χ4v) is 0.764. The summed E-state index contributed by atoms with van der Waals surface area (Å²) in [6, 6.07) is 0. The Labute approximate surface area is 83.7 Å². The van der Waals surface area contributed by atoms with E-state index in [0.29, 0.717) is 0 Å². The molecule has 86 valence electrons. The van der Waals surface area contributed by atoms with Crippen LogP contribution < -0.4 is 0 Å². The molecule has 0 aliphatic heterocycles. The number of aryl methyl sites for hydroxylation is 1. The molecule has 1 aromatic rings. The average molecular weight is 225 g/mol. The molecule has 0 fully saturated rings. The molecule has 7 heteroatoms. The molecule has 0 saturated heterocycles. The molecular formula is C8H10F3NO3. The Morgan fingerprint density at radius 1 is 1.40 bits per heavy atom. The predicted octanol–water partition coefficient (Wildman–Crippen LogP) is 2.73. The van der Waals surface area contributed by atoms with Crippen LogP contribution in [0.1, 0.15) is 36.0 Å². The monoisotopic (exact) mass is 225 g/mol. The standard InChI is InChI=1S/C6H4F3NO3.C2H6/c1-2-10-3(5(11)12)4(13-2)6(7,8)9;1-2/h1H3,(H,11,12);1-2H3. The lowest BCUT2D eigenvalue weighted by Gasteiger charge is -2.00. The van der Waals surface area contributed by atoms with Crippen molar-refractivity contribution in [2.45, 2.75) is 26.9 Å². The number of rotatable bonds is 1. The second kappa shape index (κ2) is 4.81. The zero-order valence-electron chi connectivity index (χ0n) is 8.34. The summed E-state index contributed by atoms with van der Waals surface area (Å²) in [5.74, 6) is -3.66. The molecule has 0 aromatic carbocycles. The van der Waals surface area contributed by atoms with E-state index in [1.807, 2.05) is 13.8 Å². The first-order chi connectivity index (χ1) is 6.82. The molecule has 0 spiro atoms. The van der Waals surface area contributed by atoms with Gasteiger partial charge in [0.15, 0.2) is 11.6 Å². The highest BCUT2D eigenvalue weighted by molar-refractivity contribution is 5.86. The van der Waals surface area contributed by atoms with Crippen LogP contribution in [0, 0.1) is 6.92 Å². The number of aromatic carboxylic acids is 1. The van der Waals surface area contributed by atoms with E-state index < -0.39 is 23.6 Å². The van der Waals surface area contributed by atoms with Gasteiger partial charge in [0.25, 0.3) is 0 Å². The molecule has 1 N–H and O–H groups in total. The van der Waals surface area contributed by atoms with Gasteiger partial charge in [0.1, 0.15) is 0 Å². The molecule has 0 saturated carbocycles. The first-order valence-corrected chi connectivity index (χ1v) is 4.10. The number of oxazole rings is 1. The third-order valence-electron chi connectivity index (χ3n) is 1.19. The Bertz CT molecular complexity index is 343. The number of carboxylic acids is 1. The maximum atomic E-state index is 12.0. The number of aromatic nitrogens is 1. The lowest BCUT2D eigenvalue weighted by molar-refractivity contribution is -0.153. The Morgan fingerprint density at radius 3 is 2.13 bits per heavy atom. The van der Waals surface area contributed by atoms with Gasteiger partial charge in [0, 0.05) is 6.92 Å². The highest BCUT2D eigenvalue weighted by Crippen LogP contribution is 2.32. The van der Waals surface area contributed by atoms with Gasteiger partial charge in [-0.3, -0.25) is 0 Å². The number of alkyl halides is 3. The van der Waals surface area contributed by atoms with Crippen molar-refractivity contribution >= 4 is 5.97 Å². The maximum Gasteiger partial charge on any atom is 0.452 e. The van der Waals surface area contributed by atoms with Crippen LogP contribution in [0.2, 0.25) is 0 Å². The first kappa shape index (κ1) is 13.5. The summed E-state index contributed by atoms with van der Waals surface area (Å²) in [6.07, 6.45) is -4.82. The summed E-state index contributed by atoms with van der Waals surface area (Å²) in [5, 5.41) is 8.32. The fraction of sp³-hybridized carbons (Fsp3) is 0.500. The molecule has 1 aromatic heterocycles. The fourth-order valence-electron chi connectivity index (χ4n) is 0.764. The second-order valence-corrected chi connectivity index (χ2v) is 2.21. The second-order valence-electron chi connectivity index (χ2n) is 2.21. The number of hydrogen-bond acceptors (Lipinski definition) is 3. The molecule has 0 bridgehead atoms. The predicted molar refractivity (Wildman–Crippen MR) is 44.5 cm³/mol. The highest BCUT2D eigenvalue weighted by atomic mass is 19.4. The van der Waals surface area contributed by atoms with Gasteiger partial charge in [0.05, 0.1) is 0 Å². The Kier molecular flexibility index (Phi) is 4.32. The van der Waals surface area contributed by atoms with Crippen LogP contribution in [-0.4, -0.2) is 16.1 Å². The zero-order chi connectivity index (χ0) is 12.2. The van der Waals surface area contributed by atoms with Crippen molar-refractivity contribution in [3.63, 3.8) is 0 Å². The minimum absolute atomic E-state index is 0.329. The normalized spacial score (nSPS) is 10.5. The molecule has 0 aliphatic carbocycles. The highest BCUT2D eigenvalue weighted by Gasteiger charge is 2.41. The van der Waals surface area contributed by atoms with Gasteiger partial charge in [0.2, 0.25) is 5.76 Å². The number of halogens is 3. The Balaban J connectivity index is 0.000000921. The first-order valence-electron chi connectivity index (χ1n) is 4.10. The van der Waals surface area contributed by atoms with Crippen molar-refractivity contribution in [3.05, 3.63) is 17.3 Å². The largest absolute Gasteiger partial charge is 0.476 e. The number of nitrogens with zero attached hydrogens (tertiary/aromatic N) is 1. The van der Waals surface area contributed by atoms with Crippen LogP contribution in [0.4, 0.5) is 13.2 Å². The summed E-state index contributed by atoms with van der Waals surface area (Å²) < 4.78 is 40.2.